The Kier molecular flexibility index (Phi) is 4.45. The van der Waals surface area contributed by atoms with Gasteiger partial charge >= 0.3 is 0 Å². The number of nitrogen functional groups attached to an aromatic ring is 1. The average molecular weight is 281 g/mol. The van der Waals surface area contributed by atoms with Gasteiger partial charge in [-0.1, -0.05) is 17.7 Å². The van der Waals surface area contributed by atoms with Crippen molar-refractivity contribution in [2.75, 3.05) is 32.5 Å². The normalized spacial score (nSPS) is 15.3. The van der Waals surface area contributed by atoms with E-state index in [4.69, 9.17) is 22.1 Å². The molecule has 0 radical (unpaired) electrons. The molecule has 1 aromatic carbocycles. The van der Waals surface area contributed by atoms with Crippen LogP contribution in [0, 0.1) is 0 Å². The number of nitrogens with two attached hydrogens (primary N) is 1. The van der Waals surface area contributed by atoms with Crippen LogP contribution in [0.5, 0.6) is 0 Å². The molecule has 1 aromatic rings. The third-order valence-electron chi connectivity index (χ3n) is 3.09. The first-order valence-electron chi connectivity index (χ1n) is 6.12. The third-order valence-corrected chi connectivity index (χ3v) is 3.31. The first-order chi connectivity index (χ1) is 9.10. The van der Waals surface area contributed by atoms with Crippen molar-refractivity contribution in [2.24, 2.45) is 0 Å². The number of halogens is 1. The zero-order chi connectivity index (χ0) is 13.8. The topological polar surface area (TPSA) is 55.6 Å². The van der Waals surface area contributed by atoms with Crippen molar-refractivity contribution in [1.29, 1.82) is 0 Å². The number of nitrogens with zero attached hydrogens (tertiary/aromatic N) is 1. The predicted molar refractivity (Wildman–Crippen MR) is 76.3 cm³/mol. The Balaban J connectivity index is 2.09. The fourth-order valence-corrected chi connectivity index (χ4v) is 2.37. The van der Waals surface area contributed by atoms with E-state index < -0.39 is 0 Å². The molecular formula is C14H17ClN2O2. The molecule has 1 amide bonds. The van der Waals surface area contributed by atoms with Gasteiger partial charge < -0.3 is 15.4 Å². The van der Waals surface area contributed by atoms with Crippen LogP contribution in [-0.4, -0.2) is 37.6 Å². The summed E-state index contributed by atoms with van der Waals surface area (Å²) in [4.78, 5) is 14.1. The fourth-order valence-electron chi connectivity index (χ4n) is 2.13. The van der Waals surface area contributed by atoms with Gasteiger partial charge in [0.25, 0.3) is 5.91 Å². The summed E-state index contributed by atoms with van der Waals surface area (Å²) in [6.07, 6.45) is 2.88. The van der Waals surface area contributed by atoms with Crippen LogP contribution in [-0.2, 0) is 4.74 Å². The van der Waals surface area contributed by atoms with Crippen LogP contribution in [0.1, 0.15) is 16.8 Å². The molecule has 0 aliphatic carbocycles. The van der Waals surface area contributed by atoms with Crippen LogP contribution in [0.15, 0.2) is 29.8 Å². The highest BCUT2D eigenvalue weighted by molar-refractivity contribution is 6.31. The molecule has 0 aromatic heterocycles. The van der Waals surface area contributed by atoms with E-state index >= 15 is 0 Å². The molecule has 0 unspecified atom stereocenters. The Morgan fingerprint density at radius 1 is 1.47 bits per heavy atom. The quantitative estimate of drug-likeness (QED) is 0.683. The number of methoxy groups -OCH3 is 1. The Labute approximate surface area is 117 Å². The fraction of sp³-hybridized carbons (Fsp3) is 0.357. The summed E-state index contributed by atoms with van der Waals surface area (Å²) in [6, 6.07) is 4.93. The van der Waals surface area contributed by atoms with Gasteiger partial charge in [-0.15, -0.1) is 0 Å². The minimum absolute atomic E-state index is 0.0399. The maximum atomic E-state index is 12.3. The van der Waals surface area contributed by atoms with E-state index in [2.05, 4.69) is 0 Å². The van der Waals surface area contributed by atoms with Gasteiger partial charge in [-0.05, 0) is 30.2 Å². The highest BCUT2D eigenvalue weighted by atomic mass is 35.5. The van der Waals surface area contributed by atoms with E-state index in [0.29, 0.717) is 36.0 Å². The second-order valence-electron chi connectivity index (χ2n) is 4.57. The van der Waals surface area contributed by atoms with E-state index in [1.54, 1.807) is 30.2 Å². The van der Waals surface area contributed by atoms with Crippen molar-refractivity contribution in [2.45, 2.75) is 6.42 Å². The van der Waals surface area contributed by atoms with Gasteiger partial charge in [0.2, 0.25) is 0 Å². The van der Waals surface area contributed by atoms with E-state index in [9.17, 15) is 4.79 Å². The Morgan fingerprint density at radius 3 is 2.84 bits per heavy atom. The van der Waals surface area contributed by atoms with E-state index in [1.165, 1.54) is 5.57 Å². The third kappa shape index (κ3) is 3.49. The number of ether oxygens (including phenoxy) is 1. The number of carbonyl (C=O) groups excluding carboxylic acids is 1. The van der Waals surface area contributed by atoms with Crippen LogP contribution >= 0.6 is 11.6 Å². The highest BCUT2D eigenvalue weighted by Crippen LogP contribution is 2.20. The minimum atomic E-state index is -0.0399. The number of rotatable bonds is 3. The van der Waals surface area contributed by atoms with Crippen molar-refractivity contribution in [3.05, 3.63) is 40.4 Å². The van der Waals surface area contributed by atoms with E-state index in [1.807, 2.05) is 6.08 Å². The van der Waals surface area contributed by atoms with Crippen LogP contribution in [0.25, 0.3) is 0 Å². The molecule has 0 saturated heterocycles. The lowest BCUT2D eigenvalue weighted by Crippen LogP contribution is -2.35. The predicted octanol–water partition coefficient (Wildman–Crippen LogP) is 2.34. The van der Waals surface area contributed by atoms with Crippen LogP contribution in [0.4, 0.5) is 5.69 Å². The number of benzene rings is 1. The molecule has 1 aliphatic heterocycles. The minimum Gasteiger partial charge on any atom is -0.399 e. The van der Waals surface area contributed by atoms with Crippen molar-refractivity contribution < 1.29 is 9.53 Å². The van der Waals surface area contributed by atoms with E-state index in [-0.39, 0.29) is 5.91 Å². The number of anilines is 1. The van der Waals surface area contributed by atoms with Crippen molar-refractivity contribution in [3.8, 4) is 0 Å². The first kappa shape index (κ1) is 13.9. The SMILES string of the molecule is COCC1=CCN(C(=O)c2cc(N)cc(Cl)c2)CC1. The molecule has 0 saturated carbocycles. The molecule has 4 nitrogen and oxygen atoms in total. The van der Waals surface area contributed by atoms with Gasteiger partial charge in [-0.3, -0.25) is 4.79 Å². The summed E-state index contributed by atoms with van der Waals surface area (Å²) in [6.45, 7) is 1.93. The summed E-state index contributed by atoms with van der Waals surface area (Å²) in [7, 11) is 1.67. The Morgan fingerprint density at radius 2 is 2.26 bits per heavy atom. The zero-order valence-corrected chi connectivity index (χ0v) is 11.6. The van der Waals surface area contributed by atoms with Crippen LogP contribution in [0.2, 0.25) is 5.02 Å². The maximum Gasteiger partial charge on any atom is 0.254 e. The number of amides is 1. The Bertz CT molecular complexity index is 494. The van der Waals surface area contributed by atoms with Gasteiger partial charge in [0, 0.05) is 36.5 Å². The molecular weight excluding hydrogens is 264 g/mol. The van der Waals surface area contributed by atoms with E-state index in [0.717, 1.165) is 6.42 Å². The molecule has 2 rings (SSSR count). The highest BCUT2D eigenvalue weighted by Gasteiger charge is 2.19. The molecule has 102 valence electrons. The smallest absolute Gasteiger partial charge is 0.254 e. The summed E-state index contributed by atoms with van der Waals surface area (Å²) < 4.78 is 5.09. The lowest BCUT2D eigenvalue weighted by Gasteiger charge is -2.26. The second-order valence-corrected chi connectivity index (χ2v) is 5.01. The van der Waals surface area contributed by atoms with Crippen LogP contribution in [0.3, 0.4) is 0 Å². The summed E-state index contributed by atoms with van der Waals surface area (Å²) in [5.74, 6) is -0.0399. The van der Waals surface area contributed by atoms with Crippen molar-refractivity contribution in [3.63, 3.8) is 0 Å². The van der Waals surface area contributed by atoms with Crippen LogP contribution < -0.4 is 5.73 Å². The van der Waals surface area contributed by atoms with Gasteiger partial charge in [-0.25, -0.2) is 0 Å². The van der Waals surface area contributed by atoms with Crippen molar-refractivity contribution in [1.82, 2.24) is 4.90 Å². The molecule has 0 fully saturated rings. The molecule has 1 aliphatic rings. The molecule has 0 atom stereocenters. The van der Waals surface area contributed by atoms with Gasteiger partial charge in [-0.2, -0.15) is 0 Å². The summed E-state index contributed by atoms with van der Waals surface area (Å²) >= 11 is 5.92. The molecule has 0 spiro atoms. The molecule has 0 bridgehead atoms. The first-order valence-corrected chi connectivity index (χ1v) is 6.50. The van der Waals surface area contributed by atoms with Gasteiger partial charge in [0.05, 0.1) is 6.61 Å². The standard InChI is InChI=1S/C14H17ClN2O2/c1-19-9-10-2-4-17(5-3-10)14(18)11-6-12(15)8-13(16)7-11/h2,6-8H,3-5,9,16H2,1H3. The van der Waals surface area contributed by atoms with Crippen molar-refractivity contribution >= 4 is 23.2 Å². The number of carbonyl (C=O) groups is 1. The zero-order valence-electron chi connectivity index (χ0n) is 10.9. The maximum absolute atomic E-state index is 12.3. The molecule has 19 heavy (non-hydrogen) atoms. The number of hydrogen-bond acceptors (Lipinski definition) is 3. The van der Waals surface area contributed by atoms with Gasteiger partial charge in [0.1, 0.15) is 0 Å². The lowest BCUT2D eigenvalue weighted by atomic mass is 10.1. The molecule has 5 heteroatoms. The lowest BCUT2D eigenvalue weighted by molar-refractivity contribution is 0.0765. The molecule has 2 N–H and O–H groups in total. The molecule has 1 heterocycles. The number of hydrogen-bond donors (Lipinski definition) is 1. The largest absolute Gasteiger partial charge is 0.399 e. The monoisotopic (exact) mass is 280 g/mol. The second kappa shape index (κ2) is 6.08. The average Bonchev–Trinajstić information content (AvgIpc) is 2.38. The summed E-state index contributed by atoms with van der Waals surface area (Å²) in [5.41, 5.74) is 7.98. The summed E-state index contributed by atoms with van der Waals surface area (Å²) in [5, 5.41) is 0.482. The van der Waals surface area contributed by atoms with Gasteiger partial charge in [0.15, 0.2) is 0 Å². The Hall–Kier alpha value is -1.52.